The van der Waals surface area contributed by atoms with Crippen LogP contribution in [0.3, 0.4) is 0 Å². The normalized spacial score (nSPS) is 18.6. The molecule has 1 amide bonds. The summed E-state index contributed by atoms with van der Waals surface area (Å²) in [5, 5.41) is 3.38. The van der Waals surface area contributed by atoms with Gasteiger partial charge in [-0.2, -0.15) is 0 Å². The molecule has 4 nitrogen and oxygen atoms in total. The van der Waals surface area contributed by atoms with Gasteiger partial charge in [0.25, 0.3) is 5.91 Å². The molecular formula is C15H21FN2O2. The molecule has 0 bridgehead atoms. The Hall–Kier alpha value is -1.62. The molecule has 0 aromatic heterocycles. The van der Waals surface area contributed by atoms with Crippen LogP contribution in [0.2, 0.25) is 0 Å². The van der Waals surface area contributed by atoms with Crippen molar-refractivity contribution in [3.63, 3.8) is 0 Å². The summed E-state index contributed by atoms with van der Waals surface area (Å²) < 4.78 is 19.0. The van der Waals surface area contributed by atoms with Crippen molar-refractivity contribution in [2.45, 2.75) is 25.3 Å². The molecule has 0 saturated carbocycles. The highest BCUT2D eigenvalue weighted by atomic mass is 19.1. The number of nitrogens with zero attached hydrogens (tertiary/aromatic N) is 1. The lowest BCUT2D eigenvalue weighted by Gasteiger charge is -2.28. The van der Waals surface area contributed by atoms with E-state index in [1.54, 1.807) is 18.0 Å². The first-order valence-corrected chi connectivity index (χ1v) is 6.95. The van der Waals surface area contributed by atoms with E-state index in [4.69, 9.17) is 4.74 Å². The van der Waals surface area contributed by atoms with Gasteiger partial charge in [-0.15, -0.1) is 0 Å². The highest BCUT2D eigenvalue weighted by molar-refractivity contribution is 5.97. The van der Waals surface area contributed by atoms with E-state index in [2.05, 4.69) is 5.32 Å². The lowest BCUT2D eigenvalue weighted by Crippen LogP contribution is -2.44. The van der Waals surface area contributed by atoms with Crippen molar-refractivity contribution < 1.29 is 13.9 Å². The summed E-state index contributed by atoms with van der Waals surface area (Å²) in [5.41, 5.74) is 0.00769. The number of carbonyl (C=O) groups excluding carboxylic acids is 1. The summed E-state index contributed by atoms with van der Waals surface area (Å²) in [4.78, 5) is 14.0. The summed E-state index contributed by atoms with van der Waals surface area (Å²) >= 11 is 0. The molecular weight excluding hydrogens is 259 g/mol. The molecule has 1 unspecified atom stereocenters. The van der Waals surface area contributed by atoms with Crippen LogP contribution in [0.5, 0.6) is 5.75 Å². The van der Waals surface area contributed by atoms with E-state index in [9.17, 15) is 9.18 Å². The van der Waals surface area contributed by atoms with Gasteiger partial charge in [0.2, 0.25) is 0 Å². The van der Waals surface area contributed by atoms with Crippen molar-refractivity contribution in [2.24, 2.45) is 0 Å². The van der Waals surface area contributed by atoms with Crippen molar-refractivity contribution in [2.75, 3.05) is 27.2 Å². The van der Waals surface area contributed by atoms with Crippen molar-refractivity contribution in [3.8, 4) is 5.75 Å². The van der Waals surface area contributed by atoms with E-state index in [0.717, 1.165) is 13.0 Å². The first kappa shape index (κ1) is 14.8. The molecule has 1 N–H and O–H groups in total. The minimum atomic E-state index is -0.544. The standard InChI is InChI=1S/C15H21FN2O2/c1-18(10-11-6-3-4-9-17-11)15(19)14-12(16)7-5-8-13(14)20-2/h5,7-8,11,17H,3-4,6,9-10H2,1-2H3. The summed E-state index contributed by atoms with van der Waals surface area (Å²) in [6, 6.07) is 4.70. The number of nitrogens with one attached hydrogen (secondary N) is 1. The Labute approximate surface area is 118 Å². The number of methoxy groups -OCH3 is 1. The number of ether oxygens (including phenoxy) is 1. The molecule has 0 radical (unpaired) electrons. The summed E-state index contributed by atoms with van der Waals surface area (Å²) in [5.74, 6) is -0.608. The lowest BCUT2D eigenvalue weighted by molar-refractivity contribution is 0.0767. The van der Waals surface area contributed by atoms with Gasteiger partial charge in [0.15, 0.2) is 0 Å². The predicted molar refractivity (Wildman–Crippen MR) is 75.6 cm³/mol. The van der Waals surface area contributed by atoms with E-state index < -0.39 is 5.82 Å². The third-order valence-corrected chi connectivity index (χ3v) is 3.66. The first-order chi connectivity index (χ1) is 9.63. The molecule has 1 heterocycles. The number of hydrogen-bond donors (Lipinski definition) is 1. The minimum Gasteiger partial charge on any atom is -0.496 e. The van der Waals surface area contributed by atoms with Gasteiger partial charge in [0.1, 0.15) is 17.1 Å². The van der Waals surface area contributed by atoms with Gasteiger partial charge >= 0.3 is 0 Å². The fourth-order valence-corrected chi connectivity index (χ4v) is 2.57. The lowest BCUT2D eigenvalue weighted by atomic mass is 10.0. The van der Waals surface area contributed by atoms with Crippen LogP contribution < -0.4 is 10.1 Å². The zero-order valence-corrected chi connectivity index (χ0v) is 12.0. The molecule has 1 saturated heterocycles. The fraction of sp³-hybridized carbons (Fsp3) is 0.533. The molecule has 110 valence electrons. The molecule has 5 heteroatoms. The molecule has 1 aromatic rings. The van der Waals surface area contributed by atoms with Gasteiger partial charge in [-0.25, -0.2) is 4.39 Å². The van der Waals surface area contributed by atoms with Gasteiger partial charge < -0.3 is 15.0 Å². The fourth-order valence-electron chi connectivity index (χ4n) is 2.57. The van der Waals surface area contributed by atoms with Crippen LogP contribution in [0.1, 0.15) is 29.6 Å². The highest BCUT2D eigenvalue weighted by Gasteiger charge is 2.23. The number of carbonyl (C=O) groups is 1. The second-order valence-electron chi connectivity index (χ2n) is 5.15. The zero-order chi connectivity index (χ0) is 14.5. The Morgan fingerprint density at radius 2 is 2.30 bits per heavy atom. The maximum atomic E-state index is 13.9. The second kappa shape index (κ2) is 6.70. The Morgan fingerprint density at radius 3 is 2.95 bits per heavy atom. The van der Waals surface area contributed by atoms with E-state index in [0.29, 0.717) is 6.54 Å². The van der Waals surface area contributed by atoms with Crippen LogP contribution in [0.15, 0.2) is 18.2 Å². The smallest absolute Gasteiger partial charge is 0.260 e. The van der Waals surface area contributed by atoms with Crippen LogP contribution in [-0.4, -0.2) is 44.1 Å². The first-order valence-electron chi connectivity index (χ1n) is 6.95. The van der Waals surface area contributed by atoms with Gasteiger partial charge in [-0.3, -0.25) is 4.79 Å². The van der Waals surface area contributed by atoms with Crippen LogP contribution in [0.4, 0.5) is 4.39 Å². The van der Waals surface area contributed by atoms with Crippen molar-refractivity contribution in [1.29, 1.82) is 0 Å². The maximum absolute atomic E-state index is 13.9. The highest BCUT2D eigenvalue weighted by Crippen LogP contribution is 2.23. The van der Waals surface area contributed by atoms with Crippen LogP contribution >= 0.6 is 0 Å². The zero-order valence-electron chi connectivity index (χ0n) is 12.0. The Kier molecular flexibility index (Phi) is 4.95. The van der Waals surface area contributed by atoms with Gasteiger partial charge in [-0.05, 0) is 31.5 Å². The number of halogens is 1. The third-order valence-electron chi connectivity index (χ3n) is 3.66. The van der Waals surface area contributed by atoms with Gasteiger partial charge in [0.05, 0.1) is 7.11 Å². The minimum absolute atomic E-state index is 0.00769. The van der Waals surface area contributed by atoms with Crippen LogP contribution in [0, 0.1) is 5.82 Å². The van der Waals surface area contributed by atoms with E-state index >= 15 is 0 Å². The molecule has 20 heavy (non-hydrogen) atoms. The Morgan fingerprint density at radius 1 is 1.50 bits per heavy atom. The van der Waals surface area contributed by atoms with E-state index in [1.165, 1.54) is 32.1 Å². The Bertz CT molecular complexity index is 473. The molecule has 0 aliphatic carbocycles. The predicted octanol–water partition coefficient (Wildman–Crippen LogP) is 2.05. The quantitative estimate of drug-likeness (QED) is 0.918. The molecule has 1 fully saturated rings. The largest absolute Gasteiger partial charge is 0.496 e. The van der Waals surface area contributed by atoms with Crippen molar-refractivity contribution in [3.05, 3.63) is 29.6 Å². The number of hydrogen-bond acceptors (Lipinski definition) is 3. The van der Waals surface area contributed by atoms with Gasteiger partial charge in [-0.1, -0.05) is 12.5 Å². The molecule has 0 spiro atoms. The topological polar surface area (TPSA) is 41.6 Å². The van der Waals surface area contributed by atoms with Crippen molar-refractivity contribution in [1.82, 2.24) is 10.2 Å². The average molecular weight is 280 g/mol. The molecule has 1 aromatic carbocycles. The number of amides is 1. The van der Waals surface area contributed by atoms with Crippen LogP contribution in [-0.2, 0) is 0 Å². The third kappa shape index (κ3) is 3.28. The molecule has 1 aliphatic heterocycles. The number of benzene rings is 1. The van der Waals surface area contributed by atoms with E-state index in [1.807, 2.05) is 0 Å². The van der Waals surface area contributed by atoms with Crippen LogP contribution in [0.25, 0.3) is 0 Å². The molecule has 1 aliphatic rings. The summed E-state index contributed by atoms with van der Waals surface area (Å²) in [6.45, 7) is 1.56. The molecule has 1 atom stereocenters. The SMILES string of the molecule is COc1cccc(F)c1C(=O)N(C)CC1CCCCN1. The maximum Gasteiger partial charge on any atom is 0.260 e. The number of likely N-dealkylation sites (N-methyl/N-ethyl adjacent to an activating group) is 1. The Balaban J connectivity index is 2.10. The summed E-state index contributed by atoms with van der Waals surface area (Å²) in [7, 11) is 3.14. The van der Waals surface area contributed by atoms with Crippen molar-refractivity contribution >= 4 is 5.91 Å². The monoisotopic (exact) mass is 280 g/mol. The number of rotatable bonds is 4. The number of piperidine rings is 1. The average Bonchev–Trinajstić information content (AvgIpc) is 2.47. The van der Waals surface area contributed by atoms with Gasteiger partial charge in [0, 0.05) is 19.6 Å². The molecule has 2 rings (SSSR count). The second-order valence-corrected chi connectivity index (χ2v) is 5.15. The van der Waals surface area contributed by atoms with E-state index in [-0.39, 0.29) is 23.3 Å². The summed E-state index contributed by atoms with van der Waals surface area (Å²) in [6.07, 6.45) is 3.39.